The molecule has 2 aromatic carbocycles. The van der Waals surface area contributed by atoms with Crippen LogP contribution in [0.15, 0.2) is 54.6 Å². The van der Waals surface area contributed by atoms with Crippen molar-refractivity contribution >= 4 is 11.7 Å². The molecule has 0 radical (unpaired) electrons. The molecule has 5 nitrogen and oxygen atoms in total. The summed E-state index contributed by atoms with van der Waals surface area (Å²) in [5.74, 6) is 0.708. The van der Waals surface area contributed by atoms with E-state index in [1.54, 1.807) is 0 Å². The van der Waals surface area contributed by atoms with Crippen molar-refractivity contribution in [3.05, 3.63) is 60.2 Å². The number of hydrogen-bond donors (Lipinski definition) is 2. The largest absolute Gasteiger partial charge is 0.492 e. The van der Waals surface area contributed by atoms with Gasteiger partial charge in [0.1, 0.15) is 5.75 Å². The zero-order valence-corrected chi connectivity index (χ0v) is 17.1. The third-order valence-corrected chi connectivity index (χ3v) is 6.10. The van der Waals surface area contributed by atoms with Gasteiger partial charge in [-0.25, -0.2) is 4.79 Å². The molecule has 0 spiro atoms. The summed E-state index contributed by atoms with van der Waals surface area (Å²) >= 11 is 0. The van der Waals surface area contributed by atoms with Crippen LogP contribution in [-0.4, -0.2) is 35.7 Å². The van der Waals surface area contributed by atoms with Crippen LogP contribution in [0.3, 0.4) is 0 Å². The molecule has 2 fully saturated rings. The molecule has 29 heavy (non-hydrogen) atoms. The van der Waals surface area contributed by atoms with E-state index in [0.29, 0.717) is 30.1 Å². The quantitative estimate of drug-likeness (QED) is 0.742. The number of carbonyl (C=O) groups excluding carboxylic acids is 1. The first-order valence-electron chi connectivity index (χ1n) is 10.8. The van der Waals surface area contributed by atoms with Crippen molar-refractivity contribution in [1.82, 2.24) is 10.2 Å². The summed E-state index contributed by atoms with van der Waals surface area (Å²) in [4.78, 5) is 15.3. The van der Waals surface area contributed by atoms with Crippen molar-refractivity contribution in [2.75, 3.05) is 11.9 Å². The molecule has 154 valence electrons. The zero-order chi connectivity index (χ0) is 20.1. The summed E-state index contributed by atoms with van der Waals surface area (Å²) in [5, 5.41) is 6.19. The van der Waals surface area contributed by atoms with Gasteiger partial charge in [0.05, 0.1) is 12.3 Å². The second kappa shape index (κ2) is 9.31. The van der Waals surface area contributed by atoms with Gasteiger partial charge in [0.2, 0.25) is 0 Å². The van der Waals surface area contributed by atoms with Crippen molar-refractivity contribution in [2.45, 2.75) is 63.7 Å². The minimum Gasteiger partial charge on any atom is -0.492 e. The Hall–Kier alpha value is -2.53. The van der Waals surface area contributed by atoms with Gasteiger partial charge < -0.3 is 15.4 Å². The van der Waals surface area contributed by atoms with Crippen LogP contribution in [0.25, 0.3) is 0 Å². The smallest absolute Gasteiger partial charge is 0.319 e. The highest BCUT2D eigenvalue weighted by Crippen LogP contribution is 2.35. The van der Waals surface area contributed by atoms with Gasteiger partial charge in [-0.1, -0.05) is 48.9 Å². The third-order valence-electron chi connectivity index (χ3n) is 6.10. The molecule has 3 atom stereocenters. The summed E-state index contributed by atoms with van der Waals surface area (Å²) < 4.78 is 5.61. The monoisotopic (exact) mass is 393 g/mol. The summed E-state index contributed by atoms with van der Waals surface area (Å²) in [6.45, 7) is 3.53. The second-order valence-electron chi connectivity index (χ2n) is 8.09. The lowest BCUT2D eigenvalue weighted by Gasteiger charge is -2.49. The Morgan fingerprint density at radius 1 is 1.03 bits per heavy atom. The van der Waals surface area contributed by atoms with Crippen LogP contribution in [0.2, 0.25) is 0 Å². The summed E-state index contributed by atoms with van der Waals surface area (Å²) in [7, 11) is 0. The number of ether oxygens (including phenoxy) is 1. The van der Waals surface area contributed by atoms with Crippen molar-refractivity contribution in [2.24, 2.45) is 0 Å². The SMILES string of the molecule is CCOc1ccccc1NC(=O)NC1C[C@H]2CCC[C@@H](C1)N2Cc1ccccc1. The average Bonchev–Trinajstić information content (AvgIpc) is 2.71. The maximum Gasteiger partial charge on any atom is 0.319 e. The Kier molecular flexibility index (Phi) is 6.35. The molecule has 2 aliphatic heterocycles. The predicted octanol–water partition coefficient (Wildman–Crippen LogP) is 4.79. The fraction of sp³-hybridized carbons (Fsp3) is 0.458. The number of amides is 2. The lowest BCUT2D eigenvalue weighted by Crippen LogP contribution is -2.56. The van der Waals surface area contributed by atoms with E-state index < -0.39 is 0 Å². The predicted molar refractivity (Wildman–Crippen MR) is 116 cm³/mol. The molecule has 2 heterocycles. The Balaban J connectivity index is 1.36. The van der Waals surface area contributed by atoms with E-state index in [9.17, 15) is 4.79 Å². The van der Waals surface area contributed by atoms with Crippen LogP contribution in [0, 0.1) is 0 Å². The fourth-order valence-corrected chi connectivity index (χ4v) is 4.84. The summed E-state index contributed by atoms with van der Waals surface area (Å²) in [5.41, 5.74) is 2.09. The first kappa shape index (κ1) is 19.8. The van der Waals surface area contributed by atoms with Crippen molar-refractivity contribution < 1.29 is 9.53 Å². The highest BCUT2D eigenvalue weighted by Gasteiger charge is 2.38. The van der Waals surface area contributed by atoms with Crippen molar-refractivity contribution in [3.63, 3.8) is 0 Å². The number of piperidine rings is 2. The van der Waals surface area contributed by atoms with Gasteiger partial charge in [-0.2, -0.15) is 0 Å². The standard InChI is InChI=1S/C24H31N3O2/c1-2-29-23-14-7-6-13-22(23)26-24(28)25-19-15-20-11-8-12-21(16-19)27(20)17-18-9-4-3-5-10-18/h3-7,9-10,13-14,19-21H,2,8,11-12,15-17H2,1H3,(H2,25,26,28)/t19?,20-,21+. The number of fused-ring (bicyclic) bond motifs is 2. The average molecular weight is 394 g/mol. The third kappa shape index (κ3) is 4.91. The van der Waals surface area contributed by atoms with Crippen LogP contribution >= 0.6 is 0 Å². The molecule has 2 aromatic rings. The lowest BCUT2D eigenvalue weighted by atomic mass is 9.81. The summed E-state index contributed by atoms with van der Waals surface area (Å²) in [6.07, 6.45) is 5.77. The Labute approximate surface area is 173 Å². The van der Waals surface area contributed by atoms with E-state index >= 15 is 0 Å². The Morgan fingerprint density at radius 2 is 1.72 bits per heavy atom. The van der Waals surface area contributed by atoms with E-state index in [1.165, 1.54) is 24.8 Å². The van der Waals surface area contributed by atoms with Gasteiger partial charge in [0.15, 0.2) is 0 Å². The van der Waals surface area contributed by atoms with Crippen LogP contribution in [-0.2, 0) is 6.54 Å². The van der Waals surface area contributed by atoms with Crippen LogP contribution in [0.5, 0.6) is 5.75 Å². The number of carbonyl (C=O) groups is 1. The lowest BCUT2D eigenvalue weighted by molar-refractivity contribution is 0.0200. The molecule has 0 saturated carbocycles. The minimum atomic E-state index is -0.142. The number of hydrogen-bond acceptors (Lipinski definition) is 3. The Morgan fingerprint density at radius 3 is 2.45 bits per heavy atom. The number of para-hydroxylation sites is 2. The number of rotatable bonds is 6. The normalized spacial score (nSPS) is 24.0. The van der Waals surface area contributed by atoms with Gasteiger partial charge in [-0.05, 0) is 50.3 Å². The molecular formula is C24H31N3O2. The fourth-order valence-electron chi connectivity index (χ4n) is 4.84. The molecule has 2 amide bonds. The van der Waals surface area contributed by atoms with Crippen LogP contribution in [0.4, 0.5) is 10.5 Å². The number of benzene rings is 2. The highest BCUT2D eigenvalue weighted by molar-refractivity contribution is 5.91. The van der Waals surface area contributed by atoms with Gasteiger partial charge in [-0.15, -0.1) is 0 Å². The van der Waals surface area contributed by atoms with E-state index in [2.05, 4.69) is 45.9 Å². The van der Waals surface area contributed by atoms with Crippen LogP contribution in [0.1, 0.15) is 44.6 Å². The molecule has 2 saturated heterocycles. The zero-order valence-electron chi connectivity index (χ0n) is 17.1. The van der Waals surface area contributed by atoms with Gasteiger partial charge in [0, 0.05) is 24.7 Å². The summed E-state index contributed by atoms with van der Waals surface area (Å²) in [6, 6.07) is 19.5. The first-order valence-corrected chi connectivity index (χ1v) is 10.8. The second-order valence-corrected chi connectivity index (χ2v) is 8.09. The van der Waals surface area contributed by atoms with E-state index in [4.69, 9.17) is 4.74 Å². The van der Waals surface area contributed by atoms with Crippen molar-refractivity contribution in [3.8, 4) is 5.75 Å². The van der Waals surface area contributed by atoms with Crippen molar-refractivity contribution in [1.29, 1.82) is 0 Å². The number of anilines is 1. The number of nitrogens with zero attached hydrogens (tertiary/aromatic N) is 1. The van der Waals surface area contributed by atoms with Gasteiger partial charge >= 0.3 is 6.03 Å². The minimum absolute atomic E-state index is 0.142. The molecule has 2 N–H and O–H groups in total. The molecule has 5 heteroatoms. The molecule has 4 rings (SSSR count). The molecule has 1 unspecified atom stereocenters. The van der Waals surface area contributed by atoms with E-state index in [-0.39, 0.29) is 12.1 Å². The Bertz CT molecular complexity index is 797. The topological polar surface area (TPSA) is 53.6 Å². The van der Waals surface area contributed by atoms with Crippen LogP contribution < -0.4 is 15.4 Å². The number of nitrogens with one attached hydrogen (secondary N) is 2. The highest BCUT2D eigenvalue weighted by atomic mass is 16.5. The molecule has 0 aliphatic carbocycles. The molecule has 0 aromatic heterocycles. The first-order chi connectivity index (χ1) is 14.2. The van der Waals surface area contributed by atoms with E-state index in [0.717, 1.165) is 19.4 Å². The number of urea groups is 1. The van der Waals surface area contributed by atoms with Gasteiger partial charge in [-0.3, -0.25) is 4.90 Å². The van der Waals surface area contributed by atoms with Gasteiger partial charge in [0.25, 0.3) is 0 Å². The molecular weight excluding hydrogens is 362 g/mol. The molecule has 2 aliphatic rings. The maximum absolute atomic E-state index is 12.6. The van der Waals surface area contributed by atoms with E-state index in [1.807, 2.05) is 31.2 Å². The maximum atomic E-state index is 12.6. The molecule has 2 bridgehead atoms.